The number of hydrogen-bond donors (Lipinski definition) is 2. The van der Waals surface area contributed by atoms with Crippen LogP contribution in [-0.4, -0.2) is 33.2 Å². The Kier molecular flexibility index (Phi) is 6.84. The molecule has 1 aromatic rings. The van der Waals surface area contributed by atoms with E-state index < -0.39 is 12.0 Å². The van der Waals surface area contributed by atoms with E-state index in [2.05, 4.69) is 15.5 Å². The summed E-state index contributed by atoms with van der Waals surface area (Å²) in [6, 6.07) is -0.850. The van der Waals surface area contributed by atoms with Crippen molar-refractivity contribution in [3.8, 4) is 0 Å². The van der Waals surface area contributed by atoms with Crippen LogP contribution in [0.25, 0.3) is 0 Å². The predicted octanol–water partition coefficient (Wildman–Crippen LogP) is 1.57. The number of amides is 1. The van der Waals surface area contributed by atoms with E-state index in [1.165, 1.54) is 0 Å². The molecule has 1 rings (SSSR count). The number of carbonyl (C=O) groups is 2. The second kappa shape index (κ2) is 8.39. The van der Waals surface area contributed by atoms with E-state index in [9.17, 15) is 9.59 Å². The Balaban J connectivity index is 2.34. The molecule has 0 saturated heterocycles. The number of nitrogens with zero attached hydrogens (tertiary/aromatic N) is 2. The molecule has 0 unspecified atom stereocenters. The lowest BCUT2D eigenvalue weighted by Crippen LogP contribution is -2.44. The summed E-state index contributed by atoms with van der Waals surface area (Å²) in [7, 11) is 0. The van der Waals surface area contributed by atoms with Crippen LogP contribution in [0.5, 0.6) is 0 Å². The Morgan fingerprint density at radius 2 is 2.05 bits per heavy atom. The van der Waals surface area contributed by atoms with Crippen molar-refractivity contribution in [3.63, 3.8) is 0 Å². The number of nitrogens with one attached hydrogen (secondary N) is 1. The molecule has 2 N–H and O–H groups in total. The van der Waals surface area contributed by atoms with Gasteiger partial charge in [-0.25, -0.2) is 4.79 Å². The van der Waals surface area contributed by atoms with Crippen molar-refractivity contribution in [2.75, 3.05) is 0 Å². The van der Waals surface area contributed by atoms with Crippen molar-refractivity contribution >= 4 is 11.9 Å². The van der Waals surface area contributed by atoms with Gasteiger partial charge in [0.25, 0.3) is 0 Å². The summed E-state index contributed by atoms with van der Waals surface area (Å²) >= 11 is 0. The van der Waals surface area contributed by atoms with Crippen LogP contribution in [0.4, 0.5) is 0 Å². The van der Waals surface area contributed by atoms with E-state index in [4.69, 9.17) is 9.63 Å². The summed E-state index contributed by atoms with van der Waals surface area (Å²) in [5.74, 6) is -0.240. The minimum Gasteiger partial charge on any atom is -0.480 e. The Hall–Kier alpha value is -1.92. The number of aryl methyl sites for hydroxylation is 2. The minimum atomic E-state index is -1.01. The number of aliphatic carboxylic acids is 1. The second-order valence-corrected chi connectivity index (χ2v) is 5.34. The van der Waals surface area contributed by atoms with Crippen LogP contribution in [0.2, 0.25) is 0 Å². The third-order valence-electron chi connectivity index (χ3n) is 3.03. The van der Waals surface area contributed by atoms with Gasteiger partial charge in [0.05, 0.1) is 0 Å². The third-order valence-corrected chi connectivity index (χ3v) is 3.03. The van der Waals surface area contributed by atoms with Crippen LogP contribution in [0.1, 0.15) is 51.7 Å². The summed E-state index contributed by atoms with van der Waals surface area (Å²) in [4.78, 5) is 26.9. The Labute approximate surface area is 124 Å². The summed E-state index contributed by atoms with van der Waals surface area (Å²) in [6.45, 7) is 5.55. The first-order valence-electron chi connectivity index (χ1n) is 7.27. The molecule has 0 spiro atoms. The van der Waals surface area contributed by atoms with Crippen LogP contribution in [0.15, 0.2) is 4.52 Å². The fourth-order valence-electron chi connectivity index (χ4n) is 1.88. The molecule has 1 aromatic heterocycles. The first kappa shape index (κ1) is 17.1. The SMILES string of the molecule is CCCc1noc(CCCC(=O)N[C@H](C(=O)O)C(C)C)n1. The zero-order chi connectivity index (χ0) is 15.8. The maximum Gasteiger partial charge on any atom is 0.326 e. The first-order chi connectivity index (χ1) is 9.93. The number of carbonyl (C=O) groups excluding carboxylic acids is 1. The minimum absolute atomic E-state index is 0.154. The molecule has 118 valence electrons. The average Bonchev–Trinajstić information content (AvgIpc) is 2.83. The van der Waals surface area contributed by atoms with Crippen molar-refractivity contribution in [2.45, 2.75) is 58.9 Å². The summed E-state index contributed by atoms with van der Waals surface area (Å²) < 4.78 is 5.07. The van der Waals surface area contributed by atoms with Crippen molar-refractivity contribution in [1.82, 2.24) is 15.5 Å². The van der Waals surface area contributed by atoms with Crippen LogP contribution >= 0.6 is 0 Å². The number of aromatic nitrogens is 2. The fourth-order valence-corrected chi connectivity index (χ4v) is 1.88. The normalized spacial score (nSPS) is 12.4. The average molecular weight is 297 g/mol. The van der Waals surface area contributed by atoms with Gasteiger partial charge < -0.3 is 14.9 Å². The maximum atomic E-state index is 11.7. The smallest absolute Gasteiger partial charge is 0.326 e. The molecular formula is C14H23N3O4. The predicted molar refractivity (Wildman–Crippen MR) is 75.6 cm³/mol. The molecule has 1 amide bonds. The molecule has 0 fully saturated rings. The molecule has 1 atom stereocenters. The van der Waals surface area contributed by atoms with Gasteiger partial charge >= 0.3 is 5.97 Å². The molecule has 0 aromatic carbocycles. The monoisotopic (exact) mass is 297 g/mol. The summed E-state index contributed by atoms with van der Waals surface area (Å²) in [5.41, 5.74) is 0. The standard InChI is InChI=1S/C14H23N3O4/c1-4-6-10-15-12(21-17-10)8-5-7-11(18)16-13(9(2)3)14(19)20/h9,13H,4-8H2,1-3H3,(H,16,18)(H,19,20)/t13-/m0/s1. The Bertz CT molecular complexity index is 471. The quantitative estimate of drug-likeness (QED) is 0.716. The van der Waals surface area contributed by atoms with Gasteiger partial charge in [-0.2, -0.15) is 4.98 Å². The highest BCUT2D eigenvalue weighted by Gasteiger charge is 2.23. The van der Waals surface area contributed by atoms with Gasteiger partial charge in [-0.3, -0.25) is 4.79 Å². The van der Waals surface area contributed by atoms with Crippen molar-refractivity contribution in [2.24, 2.45) is 5.92 Å². The maximum absolute atomic E-state index is 11.7. The third kappa shape index (κ3) is 5.93. The van der Waals surface area contributed by atoms with Crippen molar-refractivity contribution < 1.29 is 19.2 Å². The number of carboxylic acid groups (broad SMARTS) is 1. The molecular weight excluding hydrogens is 274 g/mol. The molecule has 0 saturated carbocycles. The summed E-state index contributed by atoms with van der Waals surface area (Å²) in [5, 5.41) is 15.4. The Morgan fingerprint density at radius 3 is 2.62 bits per heavy atom. The lowest BCUT2D eigenvalue weighted by molar-refractivity contribution is -0.143. The highest BCUT2D eigenvalue weighted by Crippen LogP contribution is 2.06. The zero-order valence-electron chi connectivity index (χ0n) is 12.8. The Morgan fingerprint density at radius 1 is 1.33 bits per heavy atom. The summed E-state index contributed by atoms with van der Waals surface area (Å²) in [6.07, 6.45) is 3.03. The fraction of sp³-hybridized carbons (Fsp3) is 0.714. The van der Waals surface area contributed by atoms with Gasteiger partial charge in [-0.05, 0) is 18.8 Å². The van der Waals surface area contributed by atoms with Gasteiger partial charge in [0.1, 0.15) is 6.04 Å². The molecule has 0 aliphatic carbocycles. The molecule has 7 nitrogen and oxygen atoms in total. The van der Waals surface area contributed by atoms with E-state index in [0.717, 1.165) is 12.8 Å². The molecule has 0 bridgehead atoms. The van der Waals surface area contributed by atoms with Gasteiger partial charge in [0.15, 0.2) is 5.82 Å². The van der Waals surface area contributed by atoms with Crippen molar-refractivity contribution in [3.05, 3.63) is 11.7 Å². The lowest BCUT2D eigenvalue weighted by atomic mass is 10.0. The number of hydrogen-bond acceptors (Lipinski definition) is 5. The van der Waals surface area contributed by atoms with E-state index in [1.807, 2.05) is 6.92 Å². The van der Waals surface area contributed by atoms with Gasteiger partial charge in [-0.1, -0.05) is 25.9 Å². The second-order valence-electron chi connectivity index (χ2n) is 5.34. The molecule has 0 aliphatic heterocycles. The van der Waals surface area contributed by atoms with Crippen LogP contribution in [0.3, 0.4) is 0 Å². The van der Waals surface area contributed by atoms with Gasteiger partial charge in [-0.15, -0.1) is 0 Å². The molecule has 21 heavy (non-hydrogen) atoms. The van der Waals surface area contributed by atoms with Crippen LogP contribution < -0.4 is 5.32 Å². The van der Waals surface area contributed by atoms with Crippen LogP contribution in [0, 0.1) is 5.92 Å². The van der Waals surface area contributed by atoms with Crippen LogP contribution in [-0.2, 0) is 22.4 Å². The van der Waals surface area contributed by atoms with Gasteiger partial charge in [0.2, 0.25) is 11.8 Å². The van der Waals surface area contributed by atoms with E-state index >= 15 is 0 Å². The number of rotatable bonds is 9. The van der Waals surface area contributed by atoms with E-state index in [1.54, 1.807) is 13.8 Å². The van der Waals surface area contributed by atoms with Gasteiger partial charge in [0, 0.05) is 19.3 Å². The highest BCUT2D eigenvalue weighted by molar-refractivity contribution is 5.83. The van der Waals surface area contributed by atoms with Crippen molar-refractivity contribution in [1.29, 1.82) is 0 Å². The molecule has 0 aliphatic rings. The first-order valence-corrected chi connectivity index (χ1v) is 7.27. The zero-order valence-corrected chi connectivity index (χ0v) is 12.8. The molecule has 7 heteroatoms. The topological polar surface area (TPSA) is 105 Å². The van der Waals surface area contributed by atoms with E-state index in [-0.39, 0.29) is 18.2 Å². The molecule has 1 heterocycles. The number of carboxylic acids is 1. The molecule has 0 radical (unpaired) electrons. The largest absolute Gasteiger partial charge is 0.480 e. The van der Waals surface area contributed by atoms with E-state index in [0.29, 0.717) is 24.6 Å². The lowest BCUT2D eigenvalue weighted by Gasteiger charge is -2.17. The highest BCUT2D eigenvalue weighted by atomic mass is 16.5.